The Kier molecular flexibility index (Phi) is 4.34. The number of carbonyl (C=O) groups excluding carboxylic acids is 1. The average Bonchev–Trinajstić information content (AvgIpc) is 2.90. The van der Waals surface area contributed by atoms with Crippen molar-refractivity contribution in [3.05, 3.63) is 29.1 Å². The molecule has 1 unspecified atom stereocenters. The van der Waals surface area contributed by atoms with Crippen molar-refractivity contribution in [2.75, 3.05) is 20.2 Å². The van der Waals surface area contributed by atoms with Crippen LogP contribution in [0.2, 0.25) is 0 Å². The standard InChI is InChI=1S/C14H18N2O4/c1-9-11(14(18)19)5-6-12(15-9)13(17)16(2)8-10-4-3-7-20-10/h5-6,10H,3-4,7-8H2,1-2H3,(H,18,19). The predicted molar refractivity (Wildman–Crippen MR) is 71.9 cm³/mol. The second-order valence-corrected chi connectivity index (χ2v) is 4.96. The van der Waals surface area contributed by atoms with E-state index in [2.05, 4.69) is 4.98 Å². The first-order valence-electron chi connectivity index (χ1n) is 6.57. The lowest BCUT2D eigenvalue weighted by atomic mass is 10.1. The highest BCUT2D eigenvalue weighted by Gasteiger charge is 2.22. The summed E-state index contributed by atoms with van der Waals surface area (Å²) in [5, 5.41) is 8.94. The third-order valence-corrected chi connectivity index (χ3v) is 3.38. The molecule has 0 saturated carbocycles. The summed E-state index contributed by atoms with van der Waals surface area (Å²) in [4.78, 5) is 28.8. The predicted octanol–water partition coefficient (Wildman–Crippen LogP) is 1.34. The number of carbonyl (C=O) groups is 2. The number of ether oxygens (including phenoxy) is 1. The highest BCUT2D eigenvalue weighted by molar-refractivity contribution is 5.94. The van der Waals surface area contributed by atoms with Crippen molar-refractivity contribution in [3.8, 4) is 0 Å². The van der Waals surface area contributed by atoms with Gasteiger partial charge in [-0.25, -0.2) is 9.78 Å². The van der Waals surface area contributed by atoms with Gasteiger partial charge in [0.05, 0.1) is 17.4 Å². The van der Waals surface area contributed by atoms with E-state index in [1.807, 2.05) is 0 Å². The Morgan fingerprint density at radius 2 is 2.25 bits per heavy atom. The van der Waals surface area contributed by atoms with Crippen LogP contribution in [0.3, 0.4) is 0 Å². The first kappa shape index (κ1) is 14.5. The van der Waals surface area contributed by atoms with Crippen molar-refractivity contribution in [1.29, 1.82) is 0 Å². The highest BCUT2D eigenvalue weighted by atomic mass is 16.5. The smallest absolute Gasteiger partial charge is 0.337 e. The summed E-state index contributed by atoms with van der Waals surface area (Å²) in [6.45, 7) is 2.86. The number of hydrogen-bond acceptors (Lipinski definition) is 4. The molecule has 108 valence electrons. The molecule has 1 aromatic rings. The molecule has 0 aromatic carbocycles. The number of rotatable bonds is 4. The second kappa shape index (κ2) is 6.00. The molecular formula is C14H18N2O4. The van der Waals surface area contributed by atoms with Crippen LogP contribution in [0, 0.1) is 6.92 Å². The minimum Gasteiger partial charge on any atom is -0.478 e. The molecule has 1 aliphatic rings. The molecule has 2 rings (SSSR count). The largest absolute Gasteiger partial charge is 0.478 e. The molecule has 2 heterocycles. The summed E-state index contributed by atoms with van der Waals surface area (Å²) in [5.74, 6) is -1.26. The molecule has 1 amide bonds. The number of hydrogen-bond donors (Lipinski definition) is 1. The van der Waals surface area contributed by atoms with Crippen LogP contribution in [0.15, 0.2) is 12.1 Å². The van der Waals surface area contributed by atoms with Crippen LogP contribution >= 0.6 is 0 Å². The Morgan fingerprint density at radius 1 is 1.50 bits per heavy atom. The number of pyridine rings is 1. The molecule has 0 spiro atoms. The van der Waals surface area contributed by atoms with Crippen LogP contribution in [-0.2, 0) is 4.74 Å². The van der Waals surface area contributed by atoms with E-state index in [9.17, 15) is 9.59 Å². The SMILES string of the molecule is Cc1nc(C(=O)N(C)CC2CCCO2)ccc1C(=O)O. The summed E-state index contributed by atoms with van der Waals surface area (Å²) < 4.78 is 5.49. The van der Waals surface area contributed by atoms with Crippen molar-refractivity contribution in [3.63, 3.8) is 0 Å². The van der Waals surface area contributed by atoms with Crippen molar-refractivity contribution in [2.24, 2.45) is 0 Å². The maximum atomic E-state index is 12.2. The third-order valence-electron chi connectivity index (χ3n) is 3.38. The Hall–Kier alpha value is -1.95. The molecule has 1 fully saturated rings. The van der Waals surface area contributed by atoms with Crippen molar-refractivity contribution in [2.45, 2.75) is 25.9 Å². The molecule has 0 radical (unpaired) electrons. The van der Waals surface area contributed by atoms with Gasteiger partial charge in [-0.05, 0) is 31.9 Å². The summed E-state index contributed by atoms with van der Waals surface area (Å²) >= 11 is 0. The highest BCUT2D eigenvalue weighted by Crippen LogP contribution is 2.14. The number of carboxylic acids is 1. The zero-order chi connectivity index (χ0) is 14.7. The Bertz CT molecular complexity index is 524. The van der Waals surface area contributed by atoms with Gasteiger partial charge in [-0.15, -0.1) is 0 Å². The summed E-state index contributed by atoms with van der Waals surface area (Å²) in [5.41, 5.74) is 0.713. The van der Waals surface area contributed by atoms with Gasteiger partial charge in [-0.1, -0.05) is 0 Å². The van der Waals surface area contributed by atoms with E-state index in [0.29, 0.717) is 12.2 Å². The van der Waals surface area contributed by atoms with Gasteiger partial charge < -0.3 is 14.7 Å². The molecule has 6 heteroatoms. The minimum atomic E-state index is -1.04. The Morgan fingerprint density at radius 3 is 2.80 bits per heavy atom. The molecular weight excluding hydrogens is 260 g/mol. The van der Waals surface area contributed by atoms with Gasteiger partial charge in [0.2, 0.25) is 0 Å². The van der Waals surface area contributed by atoms with E-state index in [1.54, 1.807) is 18.9 Å². The van der Waals surface area contributed by atoms with E-state index in [0.717, 1.165) is 19.4 Å². The Balaban J connectivity index is 2.08. The second-order valence-electron chi connectivity index (χ2n) is 4.96. The van der Waals surface area contributed by atoms with E-state index in [1.165, 1.54) is 12.1 Å². The van der Waals surface area contributed by atoms with Gasteiger partial charge in [-0.2, -0.15) is 0 Å². The van der Waals surface area contributed by atoms with Crippen LogP contribution < -0.4 is 0 Å². The summed E-state index contributed by atoms with van der Waals surface area (Å²) in [6, 6.07) is 2.86. The van der Waals surface area contributed by atoms with E-state index in [-0.39, 0.29) is 23.3 Å². The lowest BCUT2D eigenvalue weighted by Gasteiger charge is -2.20. The average molecular weight is 278 g/mol. The number of aromatic nitrogens is 1. The molecule has 0 bridgehead atoms. The fourth-order valence-corrected chi connectivity index (χ4v) is 2.28. The minimum absolute atomic E-state index is 0.0864. The van der Waals surface area contributed by atoms with Crippen molar-refractivity contribution < 1.29 is 19.4 Å². The van der Waals surface area contributed by atoms with E-state index in [4.69, 9.17) is 9.84 Å². The number of amides is 1. The van der Waals surface area contributed by atoms with Crippen LogP contribution in [0.4, 0.5) is 0 Å². The van der Waals surface area contributed by atoms with Crippen LogP contribution in [0.25, 0.3) is 0 Å². The Labute approximate surface area is 117 Å². The molecule has 1 aliphatic heterocycles. The van der Waals surface area contributed by atoms with Gasteiger partial charge in [0.1, 0.15) is 5.69 Å². The van der Waals surface area contributed by atoms with E-state index >= 15 is 0 Å². The van der Waals surface area contributed by atoms with Crippen LogP contribution in [0.1, 0.15) is 39.4 Å². The van der Waals surface area contributed by atoms with Crippen LogP contribution in [0.5, 0.6) is 0 Å². The van der Waals surface area contributed by atoms with E-state index < -0.39 is 5.97 Å². The van der Waals surface area contributed by atoms with Gasteiger partial charge in [0.15, 0.2) is 0 Å². The lowest BCUT2D eigenvalue weighted by molar-refractivity contribution is 0.0581. The van der Waals surface area contributed by atoms with Crippen LogP contribution in [-0.4, -0.2) is 53.2 Å². The zero-order valence-corrected chi connectivity index (χ0v) is 11.6. The third kappa shape index (κ3) is 3.14. The topological polar surface area (TPSA) is 79.7 Å². The fourth-order valence-electron chi connectivity index (χ4n) is 2.28. The zero-order valence-electron chi connectivity index (χ0n) is 11.6. The molecule has 1 aromatic heterocycles. The molecule has 1 atom stereocenters. The van der Waals surface area contributed by atoms with Gasteiger partial charge >= 0.3 is 5.97 Å². The lowest BCUT2D eigenvalue weighted by Crippen LogP contribution is -2.34. The van der Waals surface area contributed by atoms with Crippen molar-refractivity contribution >= 4 is 11.9 Å². The molecule has 1 saturated heterocycles. The molecule has 1 N–H and O–H groups in total. The molecule has 20 heavy (non-hydrogen) atoms. The molecule has 0 aliphatic carbocycles. The summed E-state index contributed by atoms with van der Waals surface area (Å²) in [6.07, 6.45) is 2.07. The first-order valence-corrected chi connectivity index (χ1v) is 6.57. The maximum absolute atomic E-state index is 12.2. The van der Waals surface area contributed by atoms with Crippen molar-refractivity contribution in [1.82, 2.24) is 9.88 Å². The number of likely N-dealkylation sites (N-methyl/N-ethyl adjacent to an activating group) is 1. The number of aromatic carboxylic acids is 1. The fraction of sp³-hybridized carbons (Fsp3) is 0.500. The number of carboxylic acid groups (broad SMARTS) is 1. The van der Waals surface area contributed by atoms with Gasteiger partial charge in [0.25, 0.3) is 5.91 Å². The quantitative estimate of drug-likeness (QED) is 0.899. The van der Waals surface area contributed by atoms with Gasteiger partial charge in [0, 0.05) is 20.2 Å². The first-order chi connectivity index (χ1) is 9.49. The molecule has 6 nitrogen and oxygen atoms in total. The summed E-state index contributed by atoms with van der Waals surface area (Å²) in [7, 11) is 1.70. The van der Waals surface area contributed by atoms with Gasteiger partial charge in [-0.3, -0.25) is 4.79 Å². The normalized spacial score (nSPS) is 18.0. The monoisotopic (exact) mass is 278 g/mol. The number of aryl methyl sites for hydroxylation is 1. The maximum Gasteiger partial charge on any atom is 0.337 e. The number of nitrogens with zero attached hydrogens (tertiary/aromatic N) is 2.